The molecule has 3 heterocycles. The number of aromatic nitrogens is 4. The Morgan fingerprint density at radius 1 is 1.30 bits per heavy atom. The molecule has 174 valence electrons. The van der Waals surface area contributed by atoms with Gasteiger partial charge in [0.2, 0.25) is 11.9 Å². The molecular weight excluding hydrogens is 418 g/mol. The van der Waals surface area contributed by atoms with Crippen LogP contribution in [0, 0.1) is 6.92 Å². The molecule has 1 aliphatic heterocycles. The van der Waals surface area contributed by atoms with E-state index in [9.17, 15) is 9.59 Å². The van der Waals surface area contributed by atoms with E-state index in [0.717, 1.165) is 49.2 Å². The number of amides is 2. The SMILES string of the molecule is C=CC[C@H]1CN(CCCC)c2cc(C(N)=O)cc3nc(NC(=O)c4cc(C)nn4CC)n1c23. The molecule has 0 spiro atoms. The maximum Gasteiger partial charge on any atom is 0.276 e. The fraction of sp³-hybridized carbons (Fsp3) is 0.417. The van der Waals surface area contributed by atoms with Crippen molar-refractivity contribution in [2.75, 3.05) is 23.3 Å². The van der Waals surface area contributed by atoms with E-state index in [2.05, 4.69) is 33.4 Å². The molecule has 3 aromatic rings. The lowest BCUT2D eigenvalue weighted by molar-refractivity contribution is 0.0996. The van der Waals surface area contributed by atoms with Gasteiger partial charge in [-0.25, -0.2) is 4.98 Å². The monoisotopic (exact) mass is 449 g/mol. The number of carbonyl (C=O) groups is 2. The van der Waals surface area contributed by atoms with Gasteiger partial charge in [-0.15, -0.1) is 6.58 Å². The van der Waals surface area contributed by atoms with E-state index in [1.807, 2.05) is 26.0 Å². The van der Waals surface area contributed by atoms with E-state index in [4.69, 9.17) is 10.7 Å². The minimum atomic E-state index is -0.501. The summed E-state index contributed by atoms with van der Waals surface area (Å²) in [6.45, 7) is 12.1. The standard InChI is InChI=1S/C24H31N7O2/c1-5-8-10-29-14-17(9-6-2)31-21-18(12-16(22(25)32)13-19(21)29)26-24(31)27-23(33)20-11-15(4)28-30(20)7-3/h6,11-13,17H,2,5,7-10,14H2,1,3-4H3,(H2,25,32)(H,26,27,33)/t17-/m0/s1. The molecule has 0 fully saturated rings. The number of anilines is 2. The molecule has 9 heteroatoms. The molecule has 3 N–H and O–H groups in total. The summed E-state index contributed by atoms with van der Waals surface area (Å²) in [5.41, 5.74) is 9.72. The summed E-state index contributed by atoms with van der Waals surface area (Å²) < 4.78 is 3.74. The van der Waals surface area contributed by atoms with E-state index in [1.165, 1.54) is 0 Å². The Hall–Kier alpha value is -3.62. The fourth-order valence-electron chi connectivity index (χ4n) is 4.54. The minimum absolute atomic E-state index is 0.0457. The summed E-state index contributed by atoms with van der Waals surface area (Å²) in [4.78, 5) is 32.2. The number of unbranched alkanes of at least 4 members (excludes halogenated alkanes) is 1. The molecule has 33 heavy (non-hydrogen) atoms. The third-order valence-corrected chi connectivity index (χ3v) is 6.07. The predicted molar refractivity (Wildman–Crippen MR) is 130 cm³/mol. The Kier molecular flexibility index (Phi) is 6.22. The average Bonchev–Trinajstić information content (AvgIpc) is 3.35. The van der Waals surface area contributed by atoms with Crippen LogP contribution in [0.3, 0.4) is 0 Å². The summed E-state index contributed by atoms with van der Waals surface area (Å²) in [5, 5.41) is 7.37. The van der Waals surface area contributed by atoms with Gasteiger partial charge >= 0.3 is 0 Å². The van der Waals surface area contributed by atoms with Crippen LogP contribution < -0.4 is 16.0 Å². The molecule has 1 atom stereocenters. The molecule has 1 aliphatic rings. The Bertz CT molecular complexity index is 1220. The van der Waals surface area contributed by atoms with Gasteiger partial charge in [0.15, 0.2) is 0 Å². The summed E-state index contributed by atoms with van der Waals surface area (Å²) in [6.07, 6.45) is 4.70. The largest absolute Gasteiger partial charge is 0.368 e. The first kappa shape index (κ1) is 22.6. The Morgan fingerprint density at radius 2 is 2.09 bits per heavy atom. The molecule has 0 unspecified atom stereocenters. The smallest absolute Gasteiger partial charge is 0.276 e. The molecule has 2 aromatic heterocycles. The first-order chi connectivity index (χ1) is 15.9. The van der Waals surface area contributed by atoms with Crippen LogP contribution in [0.5, 0.6) is 0 Å². The van der Waals surface area contributed by atoms with Gasteiger partial charge in [-0.05, 0) is 44.9 Å². The van der Waals surface area contributed by atoms with Gasteiger partial charge in [0, 0.05) is 25.2 Å². The average molecular weight is 450 g/mol. The van der Waals surface area contributed by atoms with Gasteiger partial charge in [0.1, 0.15) is 5.69 Å². The number of primary amides is 1. The van der Waals surface area contributed by atoms with E-state index in [1.54, 1.807) is 16.8 Å². The lowest BCUT2D eigenvalue weighted by Crippen LogP contribution is -2.36. The topological polar surface area (TPSA) is 111 Å². The number of aryl methyl sites for hydroxylation is 2. The molecule has 0 radical (unpaired) electrons. The van der Waals surface area contributed by atoms with Crippen LogP contribution in [0.1, 0.15) is 65.7 Å². The number of imidazole rings is 1. The van der Waals surface area contributed by atoms with Crippen molar-refractivity contribution < 1.29 is 9.59 Å². The van der Waals surface area contributed by atoms with Gasteiger partial charge in [-0.2, -0.15) is 5.10 Å². The van der Waals surface area contributed by atoms with Crippen molar-refractivity contribution in [1.82, 2.24) is 19.3 Å². The van der Waals surface area contributed by atoms with Crippen LogP contribution in [-0.2, 0) is 6.54 Å². The second-order valence-electron chi connectivity index (χ2n) is 8.45. The summed E-state index contributed by atoms with van der Waals surface area (Å²) in [7, 11) is 0. The molecule has 4 rings (SSSR count). The summed E-state index contributed by atoms with van der Waals surface area (Å²) >= 11 is 0. The van der Waals surface area contributed by atoms with E-state index in [-0.39, 0.29) is 11.9 Å². The Morgan fingerprint density at radius 3 is 2.76 bits per heavy atom. The third kappa shape index (κ3) is 4.10. The Labute approximate surface area is 193 Å². The highest BCUT2D eigenvalue weighted by molar-refractivity contribution is 6.05. The highest BCUT2D eigenvalue weighted by Gasteiger charge is 2.31. The molecule has 1 aromatic carbocycles. The van der Waals surface area contributed by atoms with Crippen molar-refractivity contribution in [2.24, 2.45) is 5.73 Å². The highest BCUT2D eigenvalue weighted by atomic mass is 16.2. The van der Waals surface area contributed by atoms with Gasteiger partial charge in [-0.3, -0.25) is 19.6 Å². The van der Waals surface area contributed by atoms with Gasteiger partial charge in [-0.1, -0.05) is 19.4 Å². The molecular formula is C24H31N7O2. The summed E-state index contributed by atoms with van der Waals surface area (Å²) in [6, 6.07) is 5.35. The normalized spacial score (nSPS) is 15.1. The summed E-state index contributed by atoms with van der Waals surface area (Å²) in [5.74, 6) is -0.327. The van der Waals surface area contributed by atoms with Crippen LogP contribution in [0.4, 0.5) is 11.6 Å². The van der Waals surface area contributed by atoms with Gasteiger partial charge in [0.25, 0.3) is 5.91 Å². The quantitative estimate of drug-likeness (QED) is 0.485. The number of allylic oxidation sites excluding steroid dienone is 1. The molecule has 0 saturated carbocycles. The van der Waals surface area contributed by atoms with Crippen LogP contribution >= 0.6 is 0 Å². The predicted octanol–water partition coefficient (Wildman–Crippen LogP) is 3.65. The lowest BCUT2D eigenvalue weighted by Gasteiger charge is -2.36. The zero-order valence-electron chi connectivity index (χ0n) is 19.5. The maximum atomic E-state index is 13.2. The van der Waals surface area contributed by atoms with Crippen molar-refractivity contribution in [3.8, 4) is 0 Å². The second kappa shape index (κ2) is 9.09. The highest BCUT2D eigenvalue weighted by Crippen LogP contribution is 2.40. The zero-order chi connectivity index (χ0) is 23.7. The number of nitrogens with one attached hydrogen (secondary N) is 1. The number of rotatable bonds is 9. The number of hydrogen-bond acceptors (Lipinski definition) is 5. The van der Waals surface area contributed by atoms with Crippen molar-refractivity contribution in [2.45, 2.75) is 52.6 Å². The van der Waals surface area contributed by atoms with Crippen LogP contribution in [-0.4, -0.2) is 44.2 Å². The molecule has 0 aliphatic carbocycles. The lowest BCUT2D eigenvalue weighted by atomic mass is 10.0. The van der Waals surface area contributed by atoms with E-state index in [0.29, 0.717) is 29.3 Å². The van der Waals surface area contributed by atoms with Crippen LogP contribution in [0.15, 0.2) is 30.9 Å². The Balaban J connectivity index is 1.85. The van der Waals surface area contributed by atoms with Crippen molar-refractivity contribution in [3.63, 3.8) is 0 Å². The van der Waals surface area contributed by atoms with Crippen molar-refractivity contribution >= 4 is 34.5 Å². The number of hydrogen-bond donors (Lipinski definition) is 2. The van der Waals surface area contributed by atoms with Crippen molar-refractivity contribution in [3.05, 3.63) is 47.8 Å². The van der Waals surface area contributed by atoms with Gasteiger partial charge < -0.3 is 15.2 Å². The first-order valence-electron chi connectivity index (χ1n) is 11.4. The van der Waals surface area contributed by atoms with E-state index < -0.39 is 5.91 Å². The third-order valence-electron chi connectivity index (χ3n) is 6.07. The van der Waals surface area contributed by atoms with Crippen molar-refractivity contribution in [1.29, 1.82) is 0 Å². The minimum Gasteiger partial charge on any atom is -0.368 e. The molecule has 9 nitrogen and oxygen atoms in total. The number of benzene rings is 1. The zero-order valence-corrected chi connectivity index (χ0v) is 19.5. The molecule has 0 bridgehead atoms. The molecule has 2 amide bonds. The number of nitrogens with two attached hydrogens (primary N) is 1. The number of carbonyl (C=O) groups excluding carboxylic acids is 2. The molecule has 0 saturated heterocycles. The van der Waals surface area contributed by atoms with Gasteiger partial charge in [0.05, 0.1) is 28.5 Å². The second-order valence-corrected chi connectivity index (χ2v) is 8.45. The maximum absolute atomic E-state index is 13.2. The van der Waals surface area contributed by atoms with Crippen LogP contribution in [0.2, 0.25) is 0 Å². The number of nitrogens with zero attached hydrogens (tertiary/aromatic N) is 5. The van der Waals surface area contributed by atoms with Crippen LogP contribution in [0.25, 0.3) is 11.0 Å². The fourth-order valence-corrected chi connectivity index (χ4v) is 4.54. The first-order valence-corrected chi connectivity index (χ1v) is 11.4. The van der Waals surface area contributed by atoms with E-state index >= 15 is 0 Å².